The van der Waals surface area contributed by atoms with Gasteiger partial charge in [0.25, 0.3) is 0 Å². The molecule has 1 aromatic heterocycles. The van der Waals surface area contributed by atoms with Crippen molar-refractivity contribution in [3.8, 4) is 17.0 Å². The molecule has 1 heterocycles. The molecule has 0 fully saturated rings. The SMILES string of the molecule is COc1ccc(-c2nc(C)[nH]c2CN)cc1. The van der Waals surface area contributed by atoms with Crippen molar-refractivity contribution < 1.29 is 4.74 Å². The molecule has 1 aromatic carbocycles. The van der Waals surface area contributed by atoms with E-state index in [0.29, 0.717) is 6.54 Å². The lowest BCUT2D eigenvalue weighted by molar-refractivity contribution is 0.415. The Bertz CT molecular complexity index is 474. The summed E-state index contributed by atoms with van der Waals surface area (Å²) in [7, 11) is 1.65. The highest BCUT2D eigenvalue weighted by Crippen LogP contribution is 2.23. The molecule has 0 bridgehead atoms. The summed E-state index contributed by atoms with van der Waals surface area (Å²) in [6.07, 6.45) is 0. The Morgan fingerprint density at radius 1 is 1.31 bits per heavy atom. The first-order chi connectivity index (χ1) is 7.74. The molecule has 0 saturated heterocycles. The molecule has 0 radical (unpaired) electrons. The maximum atomic E-state index is 5.66. The summed E-state index contributed by atoms with van der Waals surface area (Å²) in [6, 6.07) is 7.79. The second kappa shape index (κ2) is 4.37. The number of nitrogens with two attached hydrogens (primary N) is 1. The van der Waals surface area contributed by atoms with Gasteiger partial charge >= 0.3 is 0 Å². The highest BCUT2D eigenvalue weighted by Gasteiger charge is 2.08. The fraction of sp³-hybridized carbons (Fsp3) is 0.250. The van der Waals surface area contributed by atoms with Crippen LogP contribution in [0.5, 0.6) is 5.75 Å². The molecule has 4 heteroatoms. The minimum atomic E-state index is 0.461. The number of rotatable bonds is 3. The number of methoxy groups -OCH3 is 1. The number of imidazole rings is 1. The Morgan fingerprint density at radius 3 is 2.56 bits per heavy atom. The van der Waals surface area contributed by atoms with Crippen LogP contribution in [0.2, 0.25) is 0 Å². The van der Waals surface area contributed by atoms with Crippen LogP contribution in [0.4, 0.5) is 0 Å². The Kier molecular flexibility index (Phi) is 2.92. The molecule has 16 heavy (non-hydrogen) atoms. The molecule has 0 aliphatic heterocycles. The predicted octanol–water partition coefficient (Wildman–Crippen LogP) is 1.85. The average molecular weight is 217 g/mol. The van der Waals surface area contributed by atoms with E-state index in [-0.39, 0.29) is 0 Å². The first kappa shape index (κ1) is 10.7. The predicted molar refractivity (Wildman–Crippen MR) is 63.2 cm³/mol. The Morgan fingerprint density at radius 2 is 2.00 bits per heavy atom. The van der Waals surface area contributed by atoms with Gasteiger partial charge in [-0.2, -0.15) is 0 Å². The van der Waals surface area contributed by atoms with E-state index in [1.165, 1.54) is 0 Å². The van der Waals surface area contributed by atoms with Crippen molar-refractivity contribution in [2.75, 3.05) is 7.11 Å². The van der Waals surface area contributed by atoms with Gasteiger partial charge < -0.3 is 15.5 Å². The second-order valence-electron chi connectivity index (χ2n) is 3.58. The monoisotopic (exact) mass is 217 g/mol. The number of aryl methyl sites for hydroxylation is 1. The summed E-state index contributed by atoms with van der Waals surface area (Å²) < 4.78 is 5.11. The number of H-pyrrole nitrogens is 1. The van der Waals surface area contributed by atoms with Gasteiger partial charge in [0.05, 0.1) is 18.5 Å². The summed E-state index contributed by atoms with van der Waals surface area (Å²) in [5, 5.41) is 0. The zero-order chi connectivity index (χ0) is 11.5. The second-order valence-corrected chi connectivity index (χ2v) is 3.58. The van der Waals surface area contributed by atoms with Crippen LogP contribution in [0.3, 0.4) is 0 Å². The van der Waals surface area contributed by atoms with Crippen LogP contribution in [0.15, 0.2) is 24.3 Å². The smallest absolute Gasteiger partial charge is 0.118 e. The molecule has 2 rings (SSSR count). The zero-order valence-corrected chi connectivity index (χ0v) is 9.45. The van der Waals surface area contributed by atoms with E-state index in [1.54, 1.807) is 7.11 Å². The van der Waals surface area contributed by atoms with Gasteiger partial charge in [0.15, 0.2) is 0 Å². The lowest BCUT2D eigenvalue weighted by Crippen LogP contribution is -1.98. The largest absolute Gasteiger partial charge is 0.497 e. The van der Waals surface area contributed by atoms with E-state index in [9.17, 15) is 0 Å². The first-order valence-electron chi connectivity index (χ1n) is 5.14. The molecule has 84 valence electrons. The molecule has 0 aliphatic carbocycles. The van der Waals surface area contributed by atoms with Gasteiger partial charge in [-0.05, 0) is 31.2 Å². The van der Waals surface area contributed by atoms with Gasteiger partial charge in [-0.1, -0.05) is 0 Å². The topological polar surface area (TPSA) is 63.9 Å². The van der Waals surface area contributed by atoms with Crippen LogP contribution in [0.25, 0.3) is 11.3 Å². The summed E-state index contributed by atoms with van der Waals surface area (Å²) in [4.78, 5) is 7.58. The minimum absolute atomic E-state index is 0.461. The fourth-order valence-electron chi connectivity index (χ4n) is 1.68. The third kappa shape index (κ3) is 1.92. The molecule has 0 aliphatic rings. The molecule has 0 saturated carbocycles. The molecular weight excluding hydrogens is 202 g/mol. The van der Waals surface area contributed by atoms with Crippen molar-refractivity contribution in [2.24, 2.45) is 5.73 Å². The highest BCUT2D eigenvalue weighted by molar-refractivity contribution is 5.63. The number of aromatic nitrogens is 2. The number of hydrogen-bond donors (Lipinski definition) is 2. The van der Waals surface area contributed by atoms with Crippen molar-refractivity contribution >= 4 is 0 Å². The number of benzene rings is 1. The van der Waals surface area contributed by atoms with Crippen LogP contribution in [0.1, 0.15) is 11.5 Å². The van der Waals surface area contributed by atoms with Gasteiger partial charge in [0, 0.05) is 12.1 Å². The molecule has 4 nitrogen and oxygen atoms in total. The van der Waals surface area contributed by atoms with Gasteiger partial charge in [0.2, 0.25) is 0 Å². The zero-order valence-electron chi connectivity index (χ0n) is 9.45. The lowest BCUT2D eigenvalue weighted by Gasteiger charge is -2.02. The maximum absolute atomic E-state index is 5.66. The summed E-state index contributed by atoms with van der Waals surface area (Å²) in [5.41, 5.74) is 8.59. The molecule has 0 amide bonds. The van der Waals surface area contributed by atoms with Crippen LogP contribution in [-0.2, 0) is 6.54 Å². The van der Waals surface area contributed by atoms with Crippen LogP contribution >= 0.6 is 0 Å². The van der Waals surface area contributed by atoms with E-state index in [2.05, 4.69) is 9.97 Å². The van der Waals surface area contributed by atoms with Gasteiger partial charge in [-0.3, -0.25) is 0 Å². The number of hydrogen-bond acceptors (Lipinski definition) is 3. The van der Waals surface area contributed by atoms with Gasteiger partial charge in [-0.15, -0.1) is 0 Å². The molecule has 3 N–H and O–H groups in total. The maximum Gasteiger partial charge on any atom is 0.118 e. The third-order valence-electron chi connectivity index (χ3n) is 2.46. The highest BCUT2D eigenvalue weighted by atomic mass is 16.5. The van der Waals surface area contributed by atoms with E-state index in [4.69, 9.17) is 10.5 Å². The van der Waals surface area contributed by atoms with Crippen molar-refractivity contribution in [2.45, 2.75) is 13.5 Å². The van der Waals surface area contributed by atoms with Crippen LogP contribution < -0.4 is 10.5 Å². The molecular formula is C12H15N3O. The molecule has 0 unspecified atom stereocenters. The van der Waals surface area contributed by atoms with E-state index >= 15 is 0 Å². The quantitative estimate of drug-likeness (QED) is 0.824. The standard InChI is InChI=1S/C12H15N3O/c1-8-14-11(7-13)12(15-8)9-3-5-10(16-2)6-4-9/h3-6H,7,13H2,1-2H3,(H,14,15). The van der Waals surface area contributed by atoms with Crippen LogP contribution in [0, 0.1) is 6.92 Å². The Balaban J connectivity index is 2.41. The number of nitrogens with zero attached hydrogens (tertiary/aromatic N) is 1. The normalized spacial score (nSPS) is 10.4. The summed E-state index contributed by atoms with van der Waals surface area (Å²) in [5.74, 6) is 1.72. The Labute approximate surface area is 94.5 Å². The van der Waals surface area contributed by atoms with Gasteiger partial charge in [0.1, 0.15) is 11.6 Å². The van der Waals surface area contributed by atoms with Crippen molar-refractivity contribution in [1.82, 2.24) is 9.97 Å². The first-order valence-corrected chi connectivity index (χ1v) is 5.14. The number of ether oxygens (including phenoxy) is 1. The van der Waals surface area contributed by atoms with E-state index in [0.717, 1.165) is 28.5 Å². The van der Waals surface area contributed by atoms with E-state index < -0.39 is 0 Å². The molecule has 0 spiro atoms. The van der Waals surface area contributed by atoms with Gasteiger partial charge in [-0.25, -0.2) is 4.98 Å². The fourth-order valence-corrected chi connectivity index (χ4v) is 1.68. The number of nitrogens with one attached hydrogen (secondary N) is 1. The summed E-state index contributed by atoms with van der Waals surface area (Å²) >= 11 is 0. The van der Waals surface area contributed by atoms with Crippen LogP contribution in [-0.4, -0.2) is 17.1 Å². The van der Waals surface area contributed by atoms with Crippen molar-refractivity contribution in [3.63, 3.8) is 0 Å². The minimum Gasteiger partial charge on any atom is -0.497 e. The lowest BCUT2D eigenvalue weighted by atomic mass is 10.1. The summed E-state index contributed by atoms with van der Waals surface area (Å²) in [6.45, 7) is 2.38. The molecule has 2 aromatic rings. The Hall–Kier alpha value is -1.81. The number of aromatic amines is 1. The third-order valence-corrected chi connectivity index (χ3v) is 2.46. The van der Waals surface area contributed by atoms with Crippen molar-refractivity contribution in [1.29, 1.82) is 0 Å². The average Bonchev–Trinajstić information content (AvgIpc) is 2.70. The molecule has 0 atom stereocenters. The van der Waals surface area contributed by atoms with E-state index in [1.807, 2.05) is 31.2 Å². The van der Waals surface area contributed by atoms with Crippen molar-refractivity contribution in [3.05, 3.63) is 35.8 Å².